The summed E-state index contributed by atoms with van der Waals surface area (Å²) < 4.78 is 13.3. The Morgan fingerprint density at radius 3 is 2.86 bits per heavy atom. The van der Waals surface area contributed by atoms with Gasteiger partial charge in [0.1, 0.15) is 5.82 Å². The van der Waals surface area contributed by atoms with Crippen molar-refractivity contribution in [3.8, 4) is 0 Å². The van der Waals surface area contributed by atoms with E-state index in [1.54, 1.807) is 12.3 Å². The first-order valence-electron chi connectivity index (χ1n) is 7.34. The Labute approximate surface area is 124 Å². The van der Waals surface area contributed by atoms with E-state index < -0.39 is 0 Å². The molecule has 0 amide bonds. The predicted octanol–water partition coefficient (Wildman–Crippen LogP) is 2.76. The Morgan fingerprint density at radius 1 is 1.29 bits per heavy atom. The van der Waals surface area contributed by atoms with Crippen LogP contribution < -0.4 is 5.32 Å². The second-order valence-corrected chi connectivity index (χ2v) is 5.68. The zero-order valence-corrected chi connectivity index (χ0v) is 12.2. The standard InChI is InChI=1S/C17H20FN3/c1-13-11-21(12-14-7-16(18)9-19-8-14)17(10-20-13)15-5-3-2-4-6-15/h2-9,13,17,20H,10-12H2,1H3. The van der Waals surface area contributed by atoms with Gasteiger partial charge in [-0.2, -0.15) is 0 Å². The molecule has 1 aliphatic heterocycles. The van der Waals surface area contributed by atoms with E-state index in [0.717, 1.165) is 25.2 Å². The Hall–Kier alpha value is -1.78. The van der Waals surface area contributed by atoms with Gasteiger partial charge in [0.25, 0.3) is 0 Å². The van der Waals surface area contributed by atoms with Gasteiger partial charge >= 0.3 is 0 Å². The zero-order valence-electron chi connectivity index (χ0n) is 12.2. The Kier molecular flexibility index (Phi) is 4.27. The second kappa shape index (κ2) is 6.33. The van der Waals surface area contributed by atoms with Gasteiger partial charge in [0.15, 0.2) is 0 Å². The normalized spacial score (nSPS) is 23.1. The molecule has 0 aliphatic carbocycles. The highest BCUT2D eigenvalue weighted by molar-refractivity contribution is 5.21. The molecule has 4 heteroatoms. The van der Waals surface area contributed by atoms with Crippen molar-refractivity contribution >= 4 is 0 Å². The fourth-order valence-corrected chi connectivity index (χ4v) is 2.94. The molecule has 1 aromatic heterocycles. The molecule has 2 atom stereocenters. The summed E-state index contributed by atoms with van der Waals surface area (Å²) in [5.41, 5.74) is 2.21. The molecule has 0 bridgehead atoms. The van der Waals surface area contributed by atoms with Crippen LogP contribution in [0, 0.1) is 5.82 Å². The summed E-state index contributed by atoms with van der Waals surface area (Å²) in [5, 5.41) is 3.53. The van der Waals surface area contributed by atoms with Gasteiger partial charge in [0.2, 0.25) is 0 Å². The molecule has 1 saturated heterocycles. The number of pyridine rings is 1. The van der Waals surface area contributed by atoms with Crippen molar-refractivity contribution in [2.24, 2.45) is 0 Å². The molecule has 2 heterocycles. The molecular formula is C17H20FN3. The Balaban J connectivity index is 1.82. The van der Waals surface area contributed by atoms with E-state index in [0.29, 0.717) is 12.1 Å². The van der Waals surface area contributed by atoms with Gasteiger partial charge in [-0.15, -0.1) is 0 Å². The minimum atomic E-state index is -0.271. The van der Waals surface area contributed by atoms with Gasteiger partial charge in [0, 0.05) is 37.9 Å². The van der Waals surface area contributed by atoms with Gasteiger partial charge in [0.05, 0.1) is 6.20 Å². The second-order valence-electron chi connectivity index (χ2n) is 5.68. The van der Waals surface area contributed by atoms with Crippen molar-refractivity contribution in [1.82, 2.24) is 15.2 Å². The number of benzene rings is 1. The molecule has 1 aromatic carbocycles. The lowest BCUT2D eigenvalue weighted by molar-refractivity contribution is 0.127. The number of rotatable bonds is 3. The van der Waals surface area contributed by atoms with Gasteiger partial charge < -0.3 is 5.32 Å². The van der Waals surface area contributed by atoms with Crippen LogP contribution in [0.1, 0.15) is 24.1 Å². The van der Waals surface area contributed by atoms with Crippen molar-refractivity contribution in [3.05, 3.63) is 65.7 Å². The Morgan fingerprint density at radius 2 is 2.10 bits per heavy atom. The molecule has 2 unspecified atom stereocenters. The smallest absolute Gasteiger partial charge is 0.141 e. The third kappa shape index (κ3) is 3.46. The van der Waals surface area contributed by atoms with Crippen LogP contribution in [0.2, 0.25) is 0 Å². The first-order chi connectivity index (χ1) is 10.2. The summed E-state index contributed by atoms with van der Waals surface area (Å²) in [6, 6.07) is 12.8. The Bertz CT molecular complexity index is 588. The minimum Gasteiger partial charge on any atom is -0.311 e. The highest BCUT2D eigenvalue weighted by Gasteiger charge is 2.27. The number of halogens is 1. The number of aromatic nitrogens is 1. The van der Waals surface area contributed by atoms with Crippen molar-refractivity contribution in [1.29, 1.82) is 0 Å². The molecule has 0 saturated carbocycles. The van der Waals surface area contributed by atoms with E-state index in [4.69, 9.17) is 0 Å². The lowest BCUT2D eigenvalue weighted by Gasteiger charge is -2.39. The van der Waals surface area contributed by atoms with Crippen molar-refractivity contribution in [2.45, 2.75) is 25.6 Å². The van der Waals surface area contributed by atoms with E-state index in [1.165, 1.54) is 11.8 Å². The van der Waals surface area contributed by atoms with Gasteiger partial charge in [-0.05, 0) is 24.1 Å². The van der Waals surface area contributed by atoms with Crippen LogP contribution in [0.5, 0.6) is 0 Å². The molecule has 1 fully saturated rings. The van der Waals surface area contributed by atoms with E-state index in [1.807, 2.05) is 6.07 Å². The summed E-state index contributed by atoms with van der Waals surface area (Å²) in [5.74, 6) is -0.271. The van der Waals surface area contributed by atoms with Crippen molar-refractivity contribution in [3.63, 3.8) is 0 Å². The maximum atomic E-state index is 13.3. The number of hydrogen-bond donors (Lipinski definition) is 1. The van der Waals surface area contributed by atoms with E-state index in [2.05, 4.69) is 46.4 Å². The molecule has 2 aromatic rings. The maximum Gasteiger partial charge on any atom is 0.141 e. The summed E-state index contributed by atoms with van der Waals surface area (Å²) >= 11 is 0. The van der Waals surface area contributed by atoms with E-state index >= 15 is 0 Å². The highest BCUT2D eigenvalue weighted by Crippen LogP contribution is 2.25. The van der Waals surface area contributed by atoms with Crippen LogP contribution in [0.4, 0.5) is 4.39 Å². The van der Waals surface area contributed by atoms with Crippen molar-refractivity contribution in [2.75, 3.05) is 13.1 Å². The third-order valence-corrected chi connectivity index (χ3v) is 3.94. The quantitative estimate of drug-likeness (QED) is 0.940. The molecule has 0 radical (unpaired) electrons. The van der Waals surface area contributed by atoms with Gasteiger partial charge in [-0.3, -0.25) is 9.88 Å². The van der Waals surface area contributed by atoms with E-state index in [-0.39, 0.29) is 5.82 Å². The number of nitrogens with one attached hydrogen (secondary N) is 1. The largest absolute Gasteiger partial charge is 0.311 e. The van der Waals surface area contributed by atoms with Gasteiger partial charge in [-0.25, -0.2) is 4.39 Å². The summed E-state index contributed by atoms with van der Waals surface area (Å²) in [4.78, 5) is 6.35. The first-order valence-corrected chi connectivity index (χ1v) is 7.34. The lowest BCUT2D eigenvalue weighted by Crippen LogP contribution is -2.50. The molecule has 3 rings (SSSR count). The average molecular weight is 285 g/mol. The zero-order chi connectivity index (χ0) is 14.7. The number of nitrogens with zero attached hydrogens (tertiary/aromatic N) is 2. The van der Waals surface area contributed by atoms with Crippen LogP contribution in [-0.2, 0) is 6.54 Å². The van der Waals surface area contributed by atoms with Crippen LogP contribution in [0.15, 0.2) is 48.8 Å². The van der Waals surface area contributed by atoms with Crippen LogP contribution in [0.25, 0.3) is 0 Å². The number of hydrogen-bond acceptors (Lipinski definition) is 3. The van der Waals surface area contributed by atoms with Gasteiger partial charge in [-0.1, -0.05) is 30.3 Å². The van der Waals surface area contributed by atoms with Crippen molar-refractivity contribution < 1.29 is 4.39 Å². The summed E-state index contributed by atoms with van der Waals surface area (Å²) in [6.45, 7) is 4.75. The molecule has 1 aliphatic rings. The topological polar surface area (TPSA) is 28.2 Å². The third-order valence-electron chi connectivity index (χ3n) is 3.94. The summed E-state index contributed by atoms with van der Waals surface area (Å²) in [7, 11) is 0. The molecule has 0 spiro atoms. The fourth-order valence-electron chi connectivity index (χ4n) is 2.94. The van der Waals surface area contributed by atoms with E-state index in [9.17, 15) is 4.39 Å². The molecule has 21 heavy (non-hydrogen) atoms. The predicted molar refractivity (Wildman–Crippen MR) is 81.3 cm³/mol. The monoisotopic (exact) mass is 285 g/mol. The highest BCUT2D eigenvalue weighted by atomic mass is 19.1. The van der Waals surface area contributed by atoms with Crippen LogP contribution in [0.3, 0.4) is 0 Å². The molecular weight excluding hydrogens is 265 g/mol. The average Bonchev–Trinajstić information content (AvgIpc) is 2.48. The minimum absolute atomic E-state index is 0.271. The summed E-state index contributed by atoms with van der Waals surface area (Å²) in [6.07, 6.45) is 3.00. The first kappa shape index (κ1) is 14.2. The molecule has 1 N–H and O–H groups in total. The SMILES string of the molecule is CC1CN(Cc2cncc(F)c2)C(c2ccccc2)CN1. The maximum absolute atomic E-state index is 13.3. The molecule has 3 nitrogen and oxygen atoms in total. The van der Waals surface area contributed by atoms with Crippen LogP contribution >= 0.6 is 0 Å². The lowest BCUT2D eigenvalue weighted by atomic mass is 10.0. The fraction of sp³-hybridized carbons (Fsp3) is 0.353. The van der Waals surface area contributed by atoms with Crippen LogP contribution in [-0.4, -0.2) is 29.0 Å². The molecule has 110 valence electrons. The number of piperazine rings is 1.